The highest BCUT2D eigenvalue weighted by Gasteiger charge is 2.37. The molecule has 0 unspecified atom stereocenters. The molecule has 0 amide bonds. The van der Waals surface area contributed by atoms with Gasteiger partial charge in [0.05, 0.1) is 34.5 Å². The van der Waals surface area contributed by atoms with Gasteiger partial charge in [-0.15, -0.1) is 0 Å². The van der Waals surface area contributed by atoms with E-state index in [1.54, 1.807) is 0 Å². The van der Waals surface area contributed by atoms with Crippen molar-refractivity contribution in [3.8, 4) is 6.07 Å². The van der Waals surface area contributed by atoms with E-state index in [1.807, 2.05) is 6.07 Å². The van der Waals surface area contributed by atoms with Crippen molar-refractivity contribution in [2.75, 3.05) is 25.1 Å². The van der Waals surface area contributed by atoms with Gasteiger partial charge in [-0.2, -0.15) is 18.4 Å². The van der Waals surface area contributed by atoms with Crippen LogP contribution in [0.15, 0.2) is 31.0 Å². The van der Waals surface area contributed by atoms with Gasteiger partial charge in [0.1, 0.15) is 5.76 Å². The molecule has 10 heteroatoms. The van der Waals surface area contributed by atoms with Crippen molar-refractivity contribution in [1.82, 2.24) is 9.97 Å². The van der Waals surface area contributed by atoms with E-state index in [0.717, 1.165) is 19.0 Å². The fourth-order valence-electron chi connectivity index (χ4n) is 2.88. The zero-order valence-electron chi connectivity index (χ0n) is 15.8. The first kappa shape index (κ1) is 21.9. The molecule has 1 aromatic heterocycles. The monoisotopic (exact) mass is 438 g/mol. The predicted octanol–water partition coefficient (Wildman–Crippen LogP) is 5.18. The lowest BCUT2D eigenvalue weighted by Gasteiger charge is -2.23. The Bertz CT molecular complexity index is 969. The van der Waals surface area contributed by atoms with Crippen molar-refractivity contribution in [3.05, 3.63) is 52.8 Å². The number of rotatable bonds is 6. The molecule has 0 spiro atoms. The standard InChI is InChI=1S/C20H18ClF3N4O2/c1-12(30-11-13-4-6-29-7-5-13)15-10-26-19(28-18(15)20(22,23)24)27-17-3-2-14(9-25)8-16(17)21/h2-3,8,10,13H,1,4-7,11H2,(H,26,27,28). The Kier molecular flexibility index (Phi) is 6.80. The van der Waals surface area contributed by atoms with Crippen molar-refractivity contribution in [3.63, 3.8) is 0 Å². The van der Waals surface area contributed by atoms with Crippen LogP contribution < -0.4 is 5.32 Å². The summed E-state index contributed by atoms with van der Waals surface area (Å²) in [5.74, 6) is -0.239. The number of anilines is 2. The molecule has 0 bridgehead atoms. The lowest BCUT2D eigenvalue weighted by molar-refractivity contribution is -0.141. The molecule has 2 aromatic rings. The summed E-state index contributed by atoms with van der Waals surface area (Å²) in [7, 11) is 0. The summed E-state index contributed by atoms with van der Waals surface area (Å²) in [5.41, 5.74) is -0.908. The maximum Gasteiger partial charge on any atom is 0.434 e. The maximum absolute atomic E-state index is 13.6. The summed E-state index contributed by atoms with van der Waals surface area (Å²) in [6, 6.07) is 6.24. The number of halogens is 4. The molecule has 1 fully saturated rings. The van der Waals surface area contributed by atoms with E-state index in [4.69, 9.17) is 26.3 Å². The van der Waals surface area contributed by atoms with Gasteiger partial charge in [0.2, 0.25) is 5.95 Å². The van der Waals surface area contributed by atoms with E-state index < -0.39 is 11.9 Å². The molecule has 158 valence electrons. The average Bonchev–Trinajstić information content (AvgIpc) is 2.73. The summed E-state index contributed by atoms with van der Waals surface area (Å²) >= 11 is 6.05. The first-order valence-electron chi connectivity index (χ1n) is 9.08. The van der Waals surface area contributed by atoms with Gasteiger partial charge in [-0.3, -0.25) is 0 Å². The normalized spacial score (nSPS) is 14.8. The van der Waals surface area contributed by atoms with Crippen LogP contribution in [-0.2, 0) is 15.7 Å². The van der Waals surface area contributed by atoms with Crippen molar-refractivity contribution >= 4 is 29.0 Å². The minimum Gasteiger partial charge on any atom is -0.493 e. The largest absolute Gasteiger partial charge is 0.493 e. The van der Waals surface area contributed by atoms with Crippen LogP contribution in [0.3, 0.4) is 0 Å². The Balaban J connectivity index is 1.79. The molecule has 1 saturated heterocycles. The second-order valence-corrected chi connectivity index (χ2v) is 7.08. The van der Waals surface area contributed by atoms with Gasteiger partial charge in [-0.05, 0) is 37.0 Å². The number of hydrogen-bond donors (Lipinski definition) is 1. The highest BCUT2D eigenvalue weighted by atomic mass is 35.5. The van der Waals surface area contributed by atoms with Gasteiger partial charge in [-0.1, -0.05) is 18.2 Å². The molecule has 1 aliphatic heterocycles. The number of benzene rings is 1. The van der Waals surface area contributed by atoms with Crippen molar-refractivity contribution < 1.29 is 22.6 Å². The van der Waals surface area contributed by atoms with Crippen LogP contribution >= 0.6 is 11.6 Å². The van der Waals surface area contributed by atoms with Gasteiger partial charge in [-0.25, -0.2) is 9.97 Å². The Hall–Kier alpha value is -2.83. The highest BCUT2D eigenvalue weighted by Crippen LogP contribution is 2.35. The van der Waals surface area contributed by atoms with Crippen LogP contribution in [0, 0.1) is 17.2 Å². The van der Waals surface area contributed by atoms with Crippen molar-refractivity contribution in [2.45, 2.75) is 19.0 Å². The number of ether oxygens (including phenoxy) is 2. The molecule has 1 N–H and O–H groups in total. The minimum absolute atomic E-state index is 0.142. The Morgan fingerprint density at radius 1 is 1.37 bits per heavy atom. The zero-order chi connectivity index (χ0) is 21.7. The van der Waals surface area contributed by atoms with Crippen LogP contribution in [0.25, 0.3) is 5.76 Å². The second kappa shape index (κ2) is 9.32. The lowest BCUT2D eigenvalue weighted by Crippen LogP contribution is -2.20. The Morgan fingerprint density at radius 3 is 2.73 bits per heavy atom. The average molecular weight is 439 g/mol. The Labute approximate surface area is 176 Å². The molecular formula is C20H18ClF3N4O2. The zero-order valence-corrected chi connectivity index (χ0v) is 16.6. The van der Waals surface area contributed by atoms with Crippen LogP contribution in [0.1, 0.15) is 29.7 Å². The minimum atomic E-state index is -4.74. The first-order valence-corrected chi connectivity index (χ1v) is 9.46. The van der Waals surface area contributed by atoms with Crippen LogP contribution in [0.4, 0.5) is 24.8 Å². The summed E-state index contributed by atoms with van der Waals surface area (Å²) < 4.78 is 51.6. The molecule has 30 heavy (non-hydrogen) atoms. The number of hydrogen-bond acceptors (Lipinski definition) is 6. The van der Waals surface area contributed by atoms with Crippen molar-refractivity contribution in [1.29, 1.82) is 5.26 Å². The summed E-state index contributed by atoms with van der Waals surface area (Å²) in [6.07, 6.45) is -2.16. The molecule has 0 atom stereocenters. The van der Waals surface area contributed by atoms with Gasteiger partial charge in [0.15, 0.2) is 5.69 Å². The number of aromatic nitrogens is 2. The third-order valence-corrected chi connectivity index (χ3v) is 4.85. The molecule has 3 rings (SSSR count). The first-order chi connectivity index (χ1) is 14.3. The highest BCUT2D eigenvalue weighted by molar-refractivity contribution is 6.33. The fraction of sp³-hybridized carbons (Fsp3) is 0.350. The molecular weight excluding hydrogens is 421 g/mol. The third kappa shape index (κ3) is 5.40. The number of nitrogens with one attached hydrogen (secondary N) is 1. The second-order valence-electron chi connectivity index (χ2n) is 6.68. The van der Waals surface area contributed by atoms with E-state index in [-0.39, 0.29) is 40.5 Å². The Morgan fingerprint density at radius 2 is 2.10 bits per heavy atom. The maximum atomic E-state index is 13.6. The van der Waals surface area contributed by atoms with E-state index >= 15 is 0 Å². The molecule has 1 aliphatic rings. The quantitative estimate of drug-likeness (QED) is 0.626. The molecule has 2 heterocycles. The molecule has 6 nitrogen and oxygen atoms in total. The molecule has 0 radical (unpaired) electrons. The van der Waals surface area contributed by atoms with Gasteiger partial charge < -0.3 is 14.8 Å². The fourth-order valence-corrected chi connectivity index (χ4v) is 3.11. The van der Waals surface area contributed by atoms with E-state index in [0.29, 0.717) is 18.8 Å². The topological polar surface area (TPSA) is 80.1 Å². The number of alkyl halides is 3. The lowest BCUT2D eigenvalue weighted by atomic mass is 10.0. The predicted molar refractivity (Wildman–Crippen MR) is 105 cm³/mol. The molecule has 1 aromatic carbocycles. The molecule has 0 saturated carbocycles. The molecule has 0 aliphatic carbocycles. The van der Waals surface area contributed by atoms with E-state index in [9.17, 15) is 13.2 Å². The SMILES string of the molecule is C=C(OCC1CCOCC1)c1cnc(Nc2ccc(C#N)cc2Cl)nc1C(F)(F)F. The van der Waals surface area contributed by atoms with Gasteiger partial charge in [0, 0.05) is 19.4 Å². The smallest absolute Gasteiger partial charge is 0.434 e. The van der Waals surface area contributed by atoms with Crippen LogP contribution in [-0.4, -0.2) is 29.8 Å². The number of nitrogens with zero attached hydrogens (tertiary/aromatic N) is 3. The van der Waals surface area contributed by atoms with Crippen LogP contribution in [0.5, 0.6) is 0 Å². The van der Waals surface area contributed by atoms with Crippen molar-refractivity contribution in [2.24, 2.45) is 5.92 Å². The third-order valence-electron chi connectivity index (χ3n) is 4.54. The van der Waals surface area contributed by atoms with Crippen LogP contribution in [0.2, 0.25) is 5.02 Å². The van der Waals surface area contributed by atoms with Gasteiger partial charge >= 0.3 is 6.18 Å². The van der Waals surface area contributed by atoms with E-state index in [2.05, 4.69) is 21.9 Å². The number of nitriles is 1. The van der Waals surface area contributed by atoms with E-state index in [1.165, 1.54) is 18.2 Å². The summed E-state index contributed by atoms with van der Waals surface area (Å²) in [5, 5.41) is 11.7. The summed E-state index contributed by atoms with van der Waals surface area (Å²) in [6.45, 7) is 5.09. The van der Waals surface area contributed by atoms with Gasteiger partial charge in [0.25, 0.3) is 0 Å². The summed E-state index contributed by atoms with van der Waals surface area (Å²) in [4.78, 5) is 7.55.